The lowest BCUT2D eigenvalue weighted by molar-refractivity contribution is 0.238. The van der Waals surface area contributed by atoms with Crippen molar-refractivity contribution < 1.29 is 14.4 Å². The van der Waals surface area contributed by atoms with E-state index in [4.69, 9.17) is 4.52 Å². The zero-order chi connectivity index (χ0) is 15.4. The fourth-order valence-corrected chi connectivity index (χ4v) is 2.10. The topological polar surface area (TPSA) is 100 Å². The standard InChI is InChI=1S/C15H18N4O3/c20-12-3-1-2-10(8-12)6-7-16-15(21)17-9-13-18-14(19-22-13)11-4-5-11/h1-3,8,11,20H,4-7,9H2,(H2,16,17,21). The first-order chi connectivity index (χ1) is 10.7. The van der Waals surface area contributed by atoms with Crippen LogP contribution in [0.5, 0.6) is 5.75 Å². The van der Waals surface area contributed by atoms with Crippen molar-refractivity contribution in [3.8, 4) is 5.75 Å². The van der Waals surface area contributed by atoms with E-state index in [9.17, 15) is 9.90 Å². The summed E-state index contributed by atoms with van der Waals surface area (Å²) in [5.41, 5.74) is 0.964. The Morgan fingerprint density at radius 3 is 3.00 bits per heavy atom. The van der Waals surface area contributed by atoms with Crippen molar-refractivity contribution >= 4 is 6.03 Å². The molecule has 7 heteroatoms. The number of carbonyl (C=O) groups excluding carboxylic acids is 1. The van der Waals surface area contributed by atoms with Crippen LogP contribution in [0.15, 0.2) is 28.8 Å². The van der Waals surface area contributed by atoms with Gasteiger partial charge in [-0.05, 0) is 37.0 Å². The molecule has 22 heavy (non-hydrogen) atoms. The van der Waals surface area contributed by atoms with E-state index < -0.39 is 0 Å². The van der Waals surface area contributed by atoms with Crippen molar-refractivity contribution in [2.24, 2.45) is 0 Å². The lowest BCUT2D eigenvalue weighted by Crippen LogP contribution is -2.36. The first-order valence-electron chi connectivity index (χ1n) is 7.33. The van der Waals surface area contributed by atoms with Crippen LogP contribution in [0, 0.1) is 0 Å². The summed E-state index contributed by atoms with van der Waals surface area (Å²) in [6.45, 7) is 0.699. The van der Waals surface area contributed by atoms with E-state index >= 15 is 0 Å². The molecule has 0 unspecified atom stereocenters. The largest absolute Gasteiger partial charge is 0.508 e. The van der Waals surface area contributed by atoms with E-state index in [1.165, 1.54) is 0 Å². The Labute approximate surface area is 127 Å². The van der Waals surface area contributed by atoms with Crippen LogP contribution in [0.1, 0.15) is 36.0 Å². The minimum absolute atomic E-state index is 0.220. The number of aromatic nitrogens is 2. The van der Waals surface area contributed by atoms with Gasteiger partial charge in [-0.25, -0.2) is 4.79 Å². The molecule has 116 valence electrons. The molecule has 3 N–H and O–H groups in total. The maximum atomic E-state index is 11.7. The second-order valence-electron chi connectivity index (χ2n) is 5.35. The number of phenols is 1. The summed E-state index contributed by atoms with van der Waals surface area (Å²) in [5.74, 6) is 1.82. The van der Waals surface area contributed by atoms with Gasteiger partial charge in [0, 0.05) is 12.5 Å². The van der Waals surface area contributed by atoms with Crippen molar-refractivity contribution in [3.63, 3.8) is 0 Å². The maximum absolute atomic E-state index is 11.7. The van der Waals surface area contributed by atoms with Crippen LogP contribution < -0.4 is 10.6 Å². The number of urea groups is 1. The lowest BCUT2D eigenvalue weighted by atomic mass is 10.1. The summed E-state index contributed by atoms with van der Waals surface area (Å²) in [5, 5.41) is 18.7. The van der Waals surface area contributed by atoms with Crippen LogP contribution in [-0.4, -0.2) is 27.8 Å². The Kier molecular flexibility index (Phi) is 4.22. The average Bonchev–Trinajstić information content (AvgIpc) is 3.24. The number of rotatable bonds is 6. The maximum Gasteiger partial charge on any atom is 0.315 e. The van der Waals surface area contributed by atoms with E-state index in [2.05, 4.69) is 20.8 Å². The fourth-order valence-electron chi connectivity index (χ4n) is 2.10. The summed E-state index contributed by atoms with van der Waals surface area (Å²) in [4.78, 5) is 15.9. The molecule has 1 aromatic heterocycles. The third-order valence-electron chi connectivity index (χ3n) is 3.44. The summed E-state index contributed by atoms with van der Waals surface area (Å²) in [6, 6.07) is 6.68. The molecule has 1 aliphatic rings. The Bertz CT molecular complexity index is 652. The van der Waals surface area contributed by atoms with Crippen LogP contribution in [0.3, 0.4) is 0 Å². The number of aromatic hydroxyl groups is 1. The molecule has 1 aromatic carbocycles. The van der Waals surface area contributed by atoms with Gasteiger partial charge in [0.2, 0.25) is 5.89 Å². The molecule has 1 fully saturated rings. The molecule has 0 spiro atoms. The van der Waals surface area contributed by atoms with E-state index in [-0.39, 0.29) is 18.3 Å². The number of nitrogens with zero attached hydrogens (tertiary/aromatic N) is 2. The monoisotopic (exact) mass is 302 g/mol. The highest BCUT2D eigenvalue weighted by molar-refractivity contribution is 5.73. The van der Waals surface area contributed by atoms with Gasteiger partial charge in [0.25, 0.3) is 0 Å². The molecule has 0 aliphatic heterocycles. The number of hydrogen-bond donors (Lipinski definition) is 3. The summed E-state index contributed by atoms with van der Waals surface area (Å²) < 4.78 is 5.07. The van der Waals surface area contributed by atoms with Gasteiger partial charge in [0.1, 0.15) is 5.75 Å². The van der Waals surface area contributed by atoms with Crippen molar-refractivity contribution in [3.05, 3.63) is 41.5 Å². The summed E-state index contributed by atoms with van der Waals surface area (Å²) >= 11 is 0. The third kappa shape index (κ3) is 3.97. The van der Waals surface area contributed by atoms with Gasteiger partial charge in [0.15, 0.2) is 5.82 Å². The van der Waals surface area contributed by atoms with Crippen molar-refractivity contribution in [2.75, 3.05) is 6.54 Å². The van der Waals surface area contributed by atoms with Gasteiger partial charge < -0.3 is 20.3 Å². The van der Waals surface area contributed by atoms with Gasteiger partial charge >= 0.3 is 6.03 Å². The van der Waals surface area contributed by atoms with Crippen molar-refractivity contribution in [1.82, 2.24) is 20.8 Å². The predicted molar refractivity (Wildman–Crippen MR) is 78.3 cm³/mol. The number of nitrogens with one attached hydrogen (secondary N) is 2. The van der Waals surface area contributed by atoms with Crippen LogP contribution >= 0.6 is 0 Å². The molecular weight excluding hydrogens is 284 g/mol. The molecule has 2 amide bonds. The van der Waals surface area contributed by atoms with Gasteiger partial charge in [0.05, 0.1) is 6.54 Å². The average molecular weight is 302 g/mol. The first-order valence-corrected chi connectivity index (χ1v) is 7.33. The van der Waals surface area contributed by atoms with Gasteiger partial charge in [-0.1, -0.05) is 17.3 Å². The lowest BCUT2D eigenvalue weighted by Gasteiger charge is -2.06. The second-order valence-corrected chi connectivity index (χ2v) is 5.35. The summed E-state index contributed by atoms with van der Waals surface area (Å²) in [6.07, 6.45) is 2.87. The molecule has 0 atom stereocenters. The highest BCUT2D eigenvalue weighted by Crippen LogP contribution is 2.37. The molecule has 2 aromatic rings. The zero-order valence-corrected chi connectivity index (χ0v) is 12.1. The third-order valence-corrected chi connectivity index (χ3v) is 3.44. The summed E-state index contributed by atoms with van der Waals surface area (Å²) in [7, 11) is 0. The van der Waals surface area contributed by atoms with Gasteiger partial charge in [-0.15, -0.1) is 0 Å². The quantitative estimate of drug-likeness (QED) is 0.754. The second kappa shape index (κ2) is 6.46. The minimum atomic E-state index is -0.286. The SMILES string of the molecule is O=C(NCCc1cccc(O)c1)NCc1nc(C2CC2)no1. The molecule has 1 saturated carbocycles. The Hall–Kier alpha value is -2.57. The van der Waals surface area contributed by atoms with E-state index in [0.29, 0.717) is 24.8 Å². The number of benzene rings is 1. The van der Waals surface area contributed by atoms with Crippen LogP contribution in [0.25, 0.3) is 0 Å². The van der Waals surface area contributed by atoms with Crippen molar-refractivity contribution in [2.45, 2.75) is 31.7 Å². The van der Waals surface area contributed by atoms with Gasteiger partial charge in [-0.3, -0.25) is 0 Å². The van der Waals surface area contributed by atoms with Crippen LogP contribution in [0.4, 0.5) is 4.79 Å². The Morgan fingerprint density at radius 1 is 1.36 bits per heavy atom. The molecule has 0 radical (unpaired) electrons. The number of hydrogen-bond acceptors (Lipinski definition) is 5. The normalized spacial score (nSPS) is 13.8. The zero-order valence-electron chi connectivity index (χ0n) is 12.1. The van der Waals surface area contributed by atoms with Crippen molar-refractivity contribution in [1.29, 1.82) is 0 Å². The fraction of sp³-hybridized carbons (Fsp3) is 0.400. The van der Waals surface area contributed by atoms with Crippen LogP contribution in [-0.2, 0) is 13.0 Å². The highest BCUT2D eigenvalue weighted by atomic mass is 16.5. The minimum Gasteiger partial charge on any atom is -0.508 e. The number of amides is 2. The predicted octanol–water partition coefficient (Wildman–Crippen LogP) is 1.69. The van der Waals surface area contributed by atoms with Gasteiger partial charge in [-0.2, -0.15) is 4.98 Å². The van der Waals surface area contributed by atoms with E-state index in [1.807, 2.05) is 6.07 Å². The van der Waals surface area contributed by atoms with E-state index in [1.54, 1.807) is 18.2 Å². The molecule has 1 aliphatic carbocycles. The molecule has 3 rings (SSSR count). The molecule has 0 saturated heterocycles. The molecule has 7 nitrogen and oxygen atoms in total. The van der Waals surface area contributed by atoms with E-state index in [0.717, 1.165) is 24.2 Å². The molecule has 1 heterocycles. The molecule has 0 bridgehead atoms. The Balaban J connectivity index is 1.36. The van der Waals surface area contributed by atoms with Crippen LogP contribution in [0.2, 0.25) is 0 Å². The highest BCUT2D eigenvalue weighted by Gasteiger charge is 2.28. The Morgan fingerprint density at radius 2 is 2.23 bits per heavy atom. The smallest absolute Gasteiger partial charge is 0.315 e. The first kappa shape index (κ1) is 14.4. The number of phenolic OH excluding ortho intramolecular Hbond substituents is 1. The molecular formula is C15H18N4O3. The number of carbonyl (C=O) groups is 1.